The lowest BCUT2D eigenvalue weighted by Crippen LogP contribution is -2.33. The predicted octanol–water partition coefficient (Wildman–Crippen LogP) is 0.373. The third-order valence-corrected chi connectivity index (χ3v) is 5.93. The van der Waals surface area contributed by atoms with Crippen molar-refractivity contribution in [2.45, 2.75) is 12.8 Å². The second-order valence-corrected chi connectivity index (χ2v) is 7.64. The normalized spacial score (nSPS) is 21.7. The van der Waals surface area contributed by atoms with E-state index in [9.17, 15) is 9.59 Å². The van der Waals surface area contributed by atoms with Crippen molar-refractivity contribution in [3.63, 3.8) is 0 Å². The monoisotopic (exact) mass is 374 g/mol. The first-order valence-electron chi connectivity index (χ1n) is 8.83. The van der Waals surface area contributed by atoms with E-state index < -0.39 is 0 Å². The summed E-state index contributed by atoms with van der Waals surface area (Å²) in [7, 11) is 1.64. The van der Waals surface area contributed by atoms with Crippen LogP contribution in [0.15, 0.2) is 33.2 Å². The number of amides is 1. The number of fused-ring (bicyclic) bond motifs is 1. The Morgan fingerprint density at radius 2 is 2.31 bits per heavy atom. The molecule has 4 heterocycles. The zero-order valence-corrected chi connectivity index (χ0v) is 15.5. The molecule has 0 aliphatic carbocycles. The number of aliphatic imine (C=N–C) groups is 1. The first-order valence-corrected chi connectivity index (χ1v) is 9.71. The zero-order valence-electron chi connectivity index (χ0n) is 14.7. The number of amidine groups is 1. The van der Waals surface area contributed by atoms with Crippen molar-refractivity contribution in [2.75, 3.05) is 37.6 Å². The van der Waals surface area contributed by atoms with Crippen LogP contribution in [0.4, 0.5) is 5.69 Å². The third-order valence-electron chi connectivity index (χ3n) is 4.98. The van der Waals surface area contributed by atoms with Gasteiger partial charge < -0.3 is 15.1 Å². The molecule has 0 saturated carbocycles. The molecule has 0 aromatic carbocycles. The van der Waals surface area contributed by atoms with Crippen LogP contribution in [0.5, 0.6) is 0 Å². The van der Waals surface area contributed by atoms with Gasteiger partial charge in [-0.15, -0.1) is 0 Å². The molecular formula is C17H22N6O2S. The summed E-state index contributed by atoms with van der Waals surface area (Å²) in [4.78, 5) is 32.7. The average molecular weight is 374 g/mol. The van der Waals surface area contributed by atoms with Crippen molar-refractivity contribution in [3.05, 3.63) is 33.7 Å². The second kappa shape index (κ2) is 7.14. The lowest BCUT2D eigenvalue weighted by atomic mass is 10.1. The number of nitrogens with zero attached hydrogens (tertiary/aromatic N) is 5. The van der Waals surface area contributed by atoms with Gasteiger partial charge in [-0.2, -0.15) is 5.10 Å². The summed E-state index contributed by atoms with van der Waals surface area (Å²) >= 11 is 1.60. The predicted molar refractivity (Wildman–Crippen MR) is 102 cm³/mol. The molecule has 0 bridgehead atoms. The van der Waals surface area contributed by atoms with E-state index in [1.54, 1.807) is 31.1 Å². The molecule has 1 aromatic rings. The highest BCUT2D eigenvalue weighted by atomic mass is 32.2. The summed E-state index contributed by atoms with van der Waals surface area (Å²) in [6.45, 7) is 4.07. The molecule has 8 nitrogen and oxygen atoms in total. The van der Waals surface area contributed by atoms with Gasteiger partial charge in [0.05, 0.1) is 24.8 Å². The molecule has 138 valence electrons. The Balaban J connectivity index is 1.25. The van der Waals surface area contributed by atoms with Crippen LogP contribution >= 0.6 is 11.8 Å². The molecule has 26 heavy (non-hydrogen) atoms. The molecule has 1 atom stereocenters. The number of nitrogens with one attached hydrogen (secondary N) is 1. The maximum Gasteiger partial charge on any atom is 0.268 e. The largest absolute Gasteiger partial charge is 0.370 e. The summed E-state index contributed by atoms with van der Waals surface area (Å²) in [5, 5.41) is 10.2. The number of carbonyl (C=O) groups excluding carboxylic acids is 1. The van der Waals surface area contributed by atoms with Crippen LogP contribution < -0.4 is 15.8 Å². The highest BCUT2D eigenvalue weighted by Crippen LogP contribution is 2.30. The Hall–Kier alpha value is -2.29. The van der Waals surface area contributed by atoms with Crippen molar-refractivity contribution in [2.24, 2.45) is 18.0 Å². The number of carbonyl (C=O) groups is 1. The van der Waals surface area contributed by atoms with E-state index in [-0.39, 0.29) is 11.5 Å². The highest BCUT2D eigenvalue weighted by Gasteiger charge is 2.28. The average Bonchev–Trinajstić information content (AvgIpc) is 3.34. The zero-order chi connectivity index (χ0) is 18.1. The molecule has 3 aliphatic heterocycles. The number of rotatable bonds is 5. The highest BCUT2D eigenvalue weighted by molar-refractivity contribution is 8.16. The second-order valence-electron chi connectivity index (χ2n) is 6.80. The number of aryl methyl sites for hydroxylation is 1. The Kier molecular flexibility index (Phi) is 4.71. The summed E-state index contributed by atoms with van der Waals surface area (Å²) in [5.41, 5.74) is 1.80. The molecule has 1 amide bonds. The Bertz CT molecular complexity index is 833. The van der Waals surface area contributed by atoms with Gasteiger partial charge in [0.2, 0.25) is 5.91 Å². The Morgan fingerprint density at radius 3 is 3.15 bits per heavy atom. The van der Waals surface area contributed by atoms with Gasteiger partial charge in [-0.1, -0.05) is 11.8 Å². The van der Waals surface area contributed by atoms with Gasteiger partial charge in [-0.05, 0) is 17.7 Å². The van der Waals surface area contributed by atoms with Gasteiger partial charge in [-0.3, -0.25) is 14.6 Å². The first-order chi connectivity index (χ1) is 12.6. The molecule has 0 spiro atoms. The summed E-state index contributed by atoms with van der Waals surface area (Å²) in [6.07, 6.45) is 3.12. The van der Waals surface area contributed by atoms with E-state index in [1.807, 2.05) is 5.41 Å². The lowest BCUT2D eigenvalue weighted by molar-refractivity contribution is -0.120. The number of hydrogen-bond acceptors (Lipinski definition) is 7. The fourth-order valence-electron chi connectivity index (χ4n) is 3.47. The van der Waals surface area contributed by atoms with Crippen LogP contribution in [0.25, 0.3) is 0 Å². The van der Waals surface area contributed by atoms with Crippen molar-refractivity contribution in [3.8, 4) is 0 Å². The van der Waals surface area contributed by atoms with Gasteiger partial charge in [0.25, 0.3) is 5.56 Å². The van der Waals surface area contributed by atoms with E-state index in [0.717, 1.165) is 49.2 Å². The van der Waals surface area contributed by atoms with Gasteiger partial charge in [-0.25, -0.2) is 4.68 Å². The van der Waals surface area contributed by atoms with Crippen LogP contribution in [0, 0.1) is 5.92 Å². The lowest BCUT2D eigenvalue weighted by Gasteiger charge is -2.19. The van der Waals surface area contributed by atoms with E-state index >= 15 is 0 Å². The standard InChI is InChI=1S/C17H22N6O2S/c1-21-16(25)7-13(9-20-21)22-4-2-12(10-22)8-19-15(24)6-14-11-26-17-18-3-5-23(14)17/h7,9,11-12H,2-6,8,10H2,1H3,(H,19,24)/t12-/m0/s1. The third kappa shape index (κ3) is 3.48. The first kappa shape index (κ1) is 17.1. The molecule has 4 rings (SSSR count). The minimum atomic E-state index is -0.105. The quantitative estimate of drug-likeness (QED) is 0.802. The van der Waals surface area contributed by atoms with Crippen molar-refractivity contribution in [1.82, 2.24) is 20.0 Å². The topological polar surface area (TPSA) is 82.8 Å². The molecular weight excluding hydrogens is 352 g/mol. The van der Waals surface area contributed by atoms with Gasteiger partial charge in [0, 0.05) is 45.0 Å². The number of aromatic nitrogens is 2. The molecule has 1 aromatic heterocycles. The van der Waals surface area contributed by atoms with Gasteiger partial charge >= 0.3 is 0 Å². The minimum Gasteiger partial charge on any atom is -0.370 e. The van der Waals surface area contributed by atoms with E-state index in [2.05, 4.69) is 25.2 Å². The number of thioether (sulfide) groups is 1. The summed E-state index contributed by atoms with van der Waals surface area (Å²) in [6, 6.07) is 1.62. The summed E-state index contributed by atoms with van der Waals surface area (Å²) < 4.78 is 1.32. The van der Waals surface area contributed by atoms with Crippen molar-refractivity contribution >= 4 is 28.5 Å². The smallest absolute Gasteiger partial charge is 0.268 e. The molecule has 1 saturated heterocycles. The minimum absolute atomic E-state index is 0.0543. The summed E-state index contributed by atoms with van der Waals surface area (Å²) in [5.74, 6) is 0.442. The molecule has 1 fully saturated rings. The molecule has 0 unspecified atom stereocenters. The molecule has 9 heteroatoms. The molecule has 3 aliphatic rings. The Morgan fingerprint density at radius 1 is 1.42 bits per heavy atom. The van der Waals surface area contributed by atoms with Crippen LogP contribution in [-0.2, 0) is 11.8 Å². The van der Waals surface area contributed by atoms with Crippen LogP contribution in [0.1, 0.15) is 12.8 Å². The fourth-order valence-corrected chi connectivity index (χ4v) is 4.42. The van der Waals surface area contributed by atoms with Crippen molar-refractivity contribution in [1.29, 1.82) is 0 Å². The molecule has 0 radical (unpaired) electrons. The fraction of sp³-hybridized carbons (Fsp3) is 0.529. The maximum absolute atomic E-state index is 12.3. The van der Waals surface area contributed by atoms with Crippen LogP contribution in [-0.4, -0.2) is 58.5 Å². The van der Waals surface area contributed by atoms with Crippen LogP contribution in [0.2, 0.25) is 0 Å². The van der Waals surface area contributed by atoms with E-state index in [4.69, 9.17) is 0 Å². The van der Waals surface area contributed by atoms with E-state index in [1.165, 1.54) is 4.68 Å². The van der Waals surface area contributed by atoms with E-state index in [0.29, 0.717) is 18.9 Å². The molecule has 1 N–H and O–H groups in total. The number of anilines is 1. The number of hydrogen-bond donors (Lipinski definition) is 1. The maximum atomic E-state index is 12.3. The van der Waals surface area contributed by atoms with Gasteiger partial charge in [0.15, 0.2) is 5.17 Å². The van der Waals surface area contributed by atoms with Gasteiger partial charge in [0.1, 0.15) is 0 Å². The van der Waals surface area contributed by atoms with Crippen molar-refractivity contribution < 1.29 is 4.79 Å². The Labute approximate surface area is 155 Å². The van der Waals surface area contributed by atoms with Crippen LogP contribution in [0.3, 0.4) is 0 Å². The SMILES string of the molecule is Cn1ncc(N2CC[C@@H](CNC(=O)CC3=CSC4=NCCN34)C2)cc1=O.